The predicted molar refractivity (Wildman–Crippen MR) is 71.5 cm³/mol. The monoisotopic (exact) mass is 240 g/mol. The molecule has 2 aromatic rings. The lowest BCUT2D eigenvalue weighted by Crippen LogP contribution is -2.05. The molecule has 2 rings (SSSR count). The quantitative estimate of drug-likeness (QED) is 0.765. The summed E-state index contributed by atoms with van der Waals surface area (Å²) in [5.74, 6) is -0.278. The summed E-state index contributed by atoms with van der Waals surface area (Å²) in [5, 5.41) is 0. The Bertz CT molecular complexity index is 541. The van der Waals surface area contributed by atoms with Gasteiger partial charge in [0.05, 0.1) is 5.56 Å². The molecule has 0 saturated carbocycles. The average molecular weight is 240 g/mol. The molecule has 18 heavy (non-hydrogen) atoms. The van der Waals surface area contributed by atoms with Crippen LogP contribution in [-0.4, -0.2) is 5.97 Å². The predicted octanol–water partition coefficient (Wildman–Crippen LogP) is 3.66. The van der Waals surface area contributed by atoms with E-state index >= 15 is 0 Å². The van der Waals surface area contributed by atoms with E-state index < -0.39 is 0 Å². The van der Waals surface area contributed by atoms with Gasteiger partial charge in [-0.25, -0.2) is 4.79 Å². The SMILES string of the molecule is Cc1ccc(COC(=O)c2cccc(C)c2)cc1. The molecule has 0 amide bonds. The van der Waals surface area contributed by atoms with Crippen molar-refractivity contribution in [3.8, 4) is 0 Å². The van der Waals surface area contributed by atoms with Crippen molar-refractivity contribution in [2.45, 2.75) is 20.5 Å². The lowest BCUT2D eigenvalue weighted by atomic mass is 10.1. The standard InChI is InChI=1S/C16H16O2/c1-12-6-8-14(9-7-12)11-18-16(17)15-5-3-4-13(2)10-15/h3-10H,11H2,1-2H3. The van der Waals surface area contributed by atoms with Gasteiger partial charge >= 0.3 is 5.97 Å². The molecule has 0 bridgehead atoms. The summed E-state index contributed by atoms with van der Waals surface area (Å²) in [6.07, 6.45) is 0. The molecule has 0 atom stereocenters. The Kier molecular flexibility index (Phi) is 3.78. The van der Waals surface area contributed by atoms with Gasteiger partial charge < -0.3 is 4.74 Å². The van der Waals surface area contributed by atoms with Crippen molar-refractivity contribution in [2.75, 3.05) is 0 Å². The molecular formula is C16H16O2. The highest BCUT2D eigenvalue weighted by Gasteiger charge is 2.06. The molecule has 0 aliphatic heterocycles. The second-order valence-electron chi connectivity index (χ2n) is 4.43. The number of carbonyl (C=O) groups excluding carboxylic acids is 1. The maximum Gasteiger partial charge on any atom is 0.338 e. The molecule has 0 aliphatic rings. The molecule has 0 aliphatic carbocycles. The number of benzene rings is 2. The second kappa shape index (κ2) is 5.50. The first-order valence-electron chi connectivity index (χ1n) is 5.94. The smallest absolute Gasteiger partial charge is 0.338 e. The number of ether oxygens (including phenoxy) is 1. The molecule has 0 spiro atoms. The number of carbonyl (C=O) groups is 1. The number of hydrogen-bond donors (Lipinski definition) is 0. The van der Waals surface area contributed by atoms with E-state index in [1.807, 2.05) is 56.3 Å². The maximum atomic E-state index is 11.8. The Hall–Kier alpha value is -2.09. The summed E-state index contributed by atoms with van der Waals surface area (Å²) in [4.78, 5) is 11.8. The van der Waals surface area contributed by atoms with Crippen molar-refractivity contribution >= 4 is 5.97 Å². The van der Waals surface area contributed by atoms with Crippen LogP contribution in [0.3, 0.4) is 0 Å². The molecule has 92 valence electrons. The van der Waals surface area contributed by atoms with Crippen LogP contribution >= 0.6 is 0 Å². The van der Waals surface area contributed by atoms with Crippen LogP contribution in [0.4, 0.5) is 0 Å². The summed E-state index contributed by atoms with van der Waals surface area (Å²) in [7, 11) is 0. The van der Waals surface area contributed by atoms with Gasteiger partial charge in [0.25, 0.3) is 0 Å². The van der Waals surface area contributed by atoms with Crippen LogP contribution in [0.2, 0.25) is 0 Å². The maximum absolute atomic E-state index is 11.8. The second-order valence-corrected chi connectivity index (χ2v) is 4.43. The summed E-state index contributed by atoms with van der Waals surface area (Å²) in [6, 6.07) is 15.4. The first-order valence-corrected chi connectivity index (χ1v) is 5.94. The first kappa shape index (κ1) is 12.4. The van der Waals surface area contributed by atoms with Crippen molar-refractivity contribution in [1.82, 2.24) is 0 Å². The summed E-state index contributed by atoms with van der Waals surface area (Å²) in [5.41, 5.74) is 3.85. The van der Waals surface area contributed by atoms with Crippen molar-refractivity contribution in [3.05, 3.63) is 70.8 Å². The van der Waals surface area contributed by atoms with Crippen LogP contribution in [-0.2, 0) is 11.3 Å². The minimum Gasteiger partial charge on any atom is -0.457 e. The van der Waals surface area contributed by atoms with Gasteiger partial charge in [-0.15, -0.1) is 0 Å². The minimum absolute atomic E-state index is 0.278. The number of esters is 1. The van der Waals surface area contributed by atoms with Crippen molar-refractivity contribution < 1.29 is 9.53 Å². The zero-order valence-electron chi connectivity index (χ0n) is 10.6. The van der Waals surface area contributed by atoms with E-state index in [4.69, 9.17) is 4.74 Å². The van der Waals surface area contributed by atoms with Gasteiger partial charge in [-0.3, -0.25) is 0 Å². The lowest BCUT2D eigenvalue weighted by Gasteiger charge is -2.05. The van der Waals surface area contributed by atoms with E-state index in [2.05, 4.69) is 0 Å². The zero-order chi connectivity index (χ0) is 13.0. The molecule has 0 saturated heterocycles. The molecule has 2 nitrogen and oxygen atoms in total. The molecule has 0 heterocycles. The molecule has 2 heteroatoms. The van der Waals surface area contributed by atoms with Gasteiger partial charge in [-0.05, 0) is 31.5 Å². The van der Waals surface area contributed by atoms with Crippen LogP contribution in [0.25, 0.3) is 0 Å². The summed E-state index contributed by atoms with van der Waals surface area (Å²) < 4.78 is 5.27. The highest BCUT2D eigenvalue weighted by molar-refractivity contribution is 5.89. The Morgan fingerprint density at radius 2 is 1.72 bits per heavy atom. The molecule has 0 radical (unpaired) electrons. The normalized spacial score (nSPS) is 10.1. The Morgan fingerprint density at radius 3 is 2.39 bits per heavy atom. The van der Waals surface area contributed by atoms with E-state index in [0.29, 0.717) is 12.2 Å². The van der Waals surface area contributed by atoms with Crippen LogP contribution in [0.5, 0.6) is 0 Å². The number of aryl methyl sites for hydroxylation is 2. The molecule has 0 unspecified atom stereocenters. The van der Waals surface area contributed by atoms with E-state index in [1.165, 1.54) is 5.56 Å². The number of hydrogen-bond acceptors (Lipinski definition) is 2. The van der Waals surface area contributed by atoms with Gasteiger partial charge in [0.2, 0.25) is 0 Å². The molecule has 2 aromatic carbocycles. The third kappa shape index (κ3) is 3.20. The average Bonchev–Trinajstić information content (AvgIpc) is 2.38. The van der Waals surface area contributed by atoms with Crippen molar-refractivity contribution in [2.24, 2.45) is 0 Å². The van der Waals surface area contributed by atoms with Gasteiger partial charge in [0, 0.05) is 0 Å². The van der Waals surface area contributed by atoms with Gasteiger partial charge in [-0.1, -0.05) is 47.5 Å². The number of rotatable bonds is 3. The van der Waals surface area contributed by atoms with Gasteiger partial charge in [-0.2, -0.15) is 0 Å². The summed E-state index contributed by atoms with van der Waals surface area (Å²) in [6.45, 7) is 4.30. The largest absolute Gasteiger partial charge is 0.457 e. The van der Waals surface area contributed by atoms with Gasteiger partial charge in [0.15, 0.2) is 0 Å². The lowest BCUT2D eigenvalue weighted by molar-refractivity contribution is 0.0472. The molecule has 0 aromatic heterocycles. The van der Waals surface area contributed by atoms with E-state index in [0.717, 1.165) is 11.1 Å². The third-order valence-corrected chi connectivity index (χ3v) is 2.74. The van der Waals surface area contributed by atoms with Crippen LogP contribution in [0.15, 0.2) is 48.5 Å². The molecule has 0 N–H and O–H groups in total. The van der Waals surface area contributed by atoms with E-state index in [1.54, 1.807) is 6.07 Å². The van der Waals surface area contributed by atoms with E-state index in [9.17, 15) is 4.79 Å². The van der Waals surface area contributed by atoms with Gasteiger partial charge in [0.1, 0.15) is 6.61 Å². The Labute approximate surface area is 107 Å². The molecular weight excluding hydrogens is 224 g/mol. The highest BCUT2D eigenvalue weighted by atomic mass is 16.5. The zero-order valence-corrected chi connectivity index (χ0v) is 10.6. The minimum atomic E-state index is -0.278. The Balaban J connectivity index is 1.98. The fourth-order valence-corrected chi connectivity index (χ4v) is 1.69. The van der Waals surface area contributed by atoms with E-state index in [-0.39, 0.29) is 5.97 Å². The molecule has 0 fully saturated rings. The fourth-order valence-electron chi connectivity index (χ4n) is 1.69. The topological polar surface area (TPSA) is 26.3 Å². The third-order valence-electron chi connectivity index (χ3n) is 2.74. The van der Waals surface area contributed by atoms with Crippen molar-refractivity contribution in [1.29, 1.82) is 0 Å². The first-order chi connectivity index (χ1) is 8.65. The highest BCUT2D eigenvalue weighted by Crippen LogP contribution is 2.09. The van der Waals surface area contributed by atoms with Crippen molar-refractivity contribution in [3.63, 3.8) is 0 Å². The summed E-state index contributed by atoms with van der Waals surface area (Å²) >= 11 is 0. The van der Waals surface area contributed by atoms with Crippen LogP contribution in [0, 0.1) is 13.8 Å². The Morgan fingerprint density at radius 1 is 1.00 bits per heavy atom. The van der Waals surface area contributed by atoms with Crippen LogP contribution in [0.1, 0.15) is 27.0 Å². The van der Waals surface area contributed by atoms with Crippen LogP contribution < -0.4 is 0 Å². The fraction of sp³-hybridized carbons (Fsp3) is 0.188.